The standard InChI is InChI=1S/C66H42N4S2/c1-7-27-51-43(21-1)44-22-2-8-28-52(44)67(51)55-31-11-5-25-47(55)49-41-62(70-59-35-15-19-39-65(59)72-66-40-20-16-36-60(66)70)50(42-61(49)69-57-33-13-17-37-63(57)71-64-38-18-14-34-58(64)69)48-26-6-12-32-56(48)68-53-29-9-3-23-45(53)46-24-4-10-30-54(46)68/h1-42H. The summed E-state index contributed by atoms with van der Waals surface area (Å²) in [6, 6.07) is 94.0. The lowest BCUT2D eigenvalue weighted by atomic mass is 9.92. The van der Waals surface area contributed by atoms with E-state index in [0.717, 1.165) is 67.8 Å². The normalized spacial score (nSPS) is 12.8. The highest BCUT2D eigenvalue weighted by Gasteiger charge is 2.33. The molecule has 0 bridgehead atoms. The smallest absolute Gasteiger partial charge is 0.0601 e. The van der Waals surface area contributed by atoms with Gasteiger partial charge in [-0.05, 0) is 97.1 Å². The van der Waals surface area contributed by atoms with Gasteiger partial charge in [0.2, 0.25) is 0 Å². The molecule has 2 aliphatic heterocycles. The number of fused-ring (bicyclic) bond motifs is 10. The summed E-state index contributed by atoms with van der Waals surface area (Å²) in [6.45, 7) is 0. The highest BCUT2D eigenvalue weighted by Crippen LogP contribution is 2.59. The van der Waals surface area contributed by atoms with Crippen LogP contribution in [0.25, 0.3) is 77.2 Å². The van der Waals surface area contributed by atoms with E-state index in [1.54, 1.807) is 0 Å². The van der Waals surface area contributed by atoms with E-state index in [1.165, 1.54) is 63.2 Å². The molecule has 4 nitrogen and oxygen atoms in total. The molecule has 338 valence electrons. The number of hydrogen-bond donors (Lipinski definition) is 0. The molecule has 0 fully saturated rings. The van der Waals surface area contributed by atoms with Crippen molar-refractivity contribution in [1.29, 1.82) is 0 Å². The molecule has 2 aliphatic rings. The lowest BCUT2D eigenvalue weighted by Crippen LogP contribution is -2.19. The van der Waals surface area contributed by atoms with Crippen LogP contribution in [0.5, 0.6) is 0 Å². The lowest BCUT2D eigenvalue weighted by Gasteiger charge is -2.38. The Kier molecular flexibility index (Phi) is 9.40. The SMILES string of the molecule is c1ccc2c(c1)Sc1ccccc1N2c1cc(-c2ccccc2-n2c3ccccc3c3ccccc32)c(N2c3ccccc3Sc3ccccc32)cc1-c1ccccc1-n1c2ccccc2c2ccccc21. The quantitative estimate of drug-likeness (QED) is 0.165. The van der Waals surface area contributed by atoms with Crippen molar-refractivity contribution in [3.63, 3.8) is 0 Å². The highest BCUT2D eigenvalue weighted by molar-refractivity contribution is 8.00. The van der Waals surface area contributed by atoms with Crippen LogP contribution < -0.4 is 9.80 Å². The Bertz CT molecular complexity index is 3860. The minimum absolute atomic E-state index is 1.09. The Morgan fingerprint density at radius 2 is 0.458 bits per heavy atom. The minimum Gasteiger partial charge on any atom is -0.309 e. The highest BCUT2D eigenvalue weighted by atomic mass is 32.2. The summed E-state index contributed by atoms with van der Waals surface area (Å²) in [4.78, 5) is 9.91. The topological polar surface area (TPSA) is 16.3 Å². The third kappa shape index (κ3) is 6.22. The maximum absolute atomic E-state index is 2.53. The average Bonchev–Trinajstić information content (AvgIpc) is 3.97. The fourth-order valence-corrected chi connectivity index (χ4v) is 13.6. The fourth-order valence-electron chi connectivity index (χ4n) is 11.5. The molecule has 15 rings (SSSR count). The van der Waals surface area contributed by atoms with E-state index in [9.17, 15) is 0 Å². The van der Waals surface area contributed by atoms with Crippen LogP contribution in [0.3, 0.4) is 0 Å². The average molecular weight is 955 g/mol. The zero-order valence-electron chi connectivity index (χ0n) is 38.9. The summed E-state index contributed by atoms with van der Waals surface area (Å²) in [5, 5.41) is 4.93. The Hall–Kier alpha value is -8.68. The molecule has 2 aromatic heterocycles. The van der Waals surface area contributed by atoms with Crippen molar-refractivity contribution in [2.24, 2.45) is 0 Å². The fraction of sp³-hybridized carbons (Fsp3) is 0. The molecule has 0 amide bonds. The Balaban J connectivity index is 1.12. The maximum Gasteiger partial charge on any atom is 0.0601 e. The predicted octanol–water partition coefficient (Wildman–Crippen LogP) is 19.1. The zero-order chi connectivity index (χ0) is 47.3. The van der Waals surface area contributed by atoms with E-state index in [2.05, 4.69) is 274 Å². The minimum atomic E-state index is 1.09. The lowest BCUT2D eigenvalue weighted by molar-refractivity contribution is 1.14. The molecular formula is C66H42N4S2. The van der Waals surface area contributed by atoms with Gasteiger partial charge < -0.3 is 18.9 Å². The molecule has 0 saturated carbocycles. The number of rotatable bonds is 6. The summed E-state index contributed by atoms with van der Waals surface area (Å²) in [7, 11) is 0. The van der Waals surface area contributed by atoms with Crippen molar-refractivity contribution in [3.8, 4) is 33.6 Å². The molecule has 0 saturated heterocycles. The molecule has 0 atom stereocenters. The van der Waals surface area contributed by atoms with Gasteiger partial charge in [-0.2, -0.15) is 0 Å². The van der Waals surface area contributed by atoms with Crippen molar-refractivity contribution in [3.05, 3.63) is 255 Å². The monoisotopic (exact) mass is 954 g/mol. The molecule has 13 aromatic rings. The summed E-state index contributed by atoms with van der Waals surface area (Å²) in [5.74, 6) is 0. The van der Waals surface area contributed by atoms with Gasteiger partial charge in [0.1, 0.15) is 0 Å². The van der Waals surface area contributed by atoms with Gasteiger partial charge in [0.25, 0.3) is 0 Å². The number of anilines is 6. The van der Waals surface area contributed by atoms with Gasteiger partial charge in [-0.1, -0.05) is 181 Å². The summed E-state index contributed by atoms with van der Waals surface area (Å²) in [6.07, 6.45) is 0. The molecule has 11 aromatic carbocycles. The largest absolute Gasteiger partial charge is 0.309 e. The number of aromatic nitrogens is 2. The van der Waals surface area contributed by atoms with E-state index >= 15 is 0 Å². The van der Waals surface area contributed by atoms with E-state index in [-0.39, 0.29) is 0 Å². The number of benzene rings is 11. The molecule has 6 heteroatoms. The molecule has 72 heavy (non-hydrogen) atoms. The van der Waals surface area contributed by atoms with E-state index in [1.807, 2.05) is 23.5 Å². The van der Waals surface area contributed by atoms with Crippen molar-refractivity contribution < 1.29 is 0 Å². The molecule has 0 spiro atoms. The second-order valence-corrected chi connectivity index (χ2v) is 20.6. The number of nitrogens with zero attached hydrogens (tertiary/aromatic N) is 4. The van der Waals surface area contributed by atoms with Crippen molar-refractivity contribution in [2.45, 2.75) is 19.6 Å². The van der Waals surface area contributed by atoms with Gasteiger partial charge in [-0.25, -0.2) is 0 Å². The van der Waals surface area contributed by atoms with Crippen LogP contribution in [0.2, 0.25) is 0 Å². The molecule has 0 radical (unpaired) electrons. The van der Waals surface area contributed by atoms with Crippen LogP contribution in [-0.2, 0) is 0 Å². The first kappa shape index (κ1) is 41.1. The first-order valence-corrected chi connectivity index (χ1v) is 26.1. The summed E-state index contributed by atoms with van der Waals surface area (Å²) < 4.78 is 4.95. The first-order chi connectivity index (χ1) is 35.8. The Labute approximate surface area is 425 Å². The molecule has 0 aliphatic carbocycles. The second-order valence-electron chi connectivity index (χ2n) is 18.4. The van der Waals surface area contributed by atoms with Gasteiger partial charge in [0.15, 0.2) is 0 Å². The molecule has 0 unspecified atom stereocenters. The first-order valence-electron chi connectivity index (χ1n) is 24.4. The summed E-state index contributed by atoms with van der Waals surface area (Å²) >= 11 is 3.68. The Morgan fingerprint density at radius 3 is 0.778 bits per heavy atom. The van der Waals surface area contributed by atoms with Crippen LogP contribution in [0, 0.1) is 0 Å². The maximum atomic E-state index is 2.53. The number of hydrogen-bond acceptors (Lipinski definition) is 4. The third-order valence-corrected chi connectivity index (χ3v) is 16.8. The summed E-state index contributed by atoms with van der Waals surface area (Å²) in [5.41, 5.74) is 18.2. The van der Waals surface area contributed by atoms with Crippen molar-refractivity contribution >= 4 is 101 Å². The van der Waals surface area contributed by atoms with Crippen LogP contribution in [0.4, 0.5) is 34.1 Å². The van der Waals surface area contributed by atoms with Crippen LogP contribution >= 0.6 is 23.5 Å². The van der Waals surface area contributed by atoms with Crippen molar-refractivity contribution in [2.75, 3.05) is 9.80 Å². The van der Waals surface area contributed by atoms with Crippen LogP contribution in [0.15, 0.2) is 274 Å². The van der Waals surface area contributed by atoms with Gasteiger partial charge in [0.05, 0.1) is 67.6 Å². The molecule has 0 N–H and O–H groups in total. The molecule has 4 heterocycles. The van der Waals surface area contributed by atoms with Gasteiger partial charge >= 0.3 is 0 Å². The van der Waals surface area contributed by atoms with Crippen LogP contribution in [0.1, 0.15) is 0 Å². The Morgan fingerprint density at radius 1 is 0.208 bits per heavy atom. The number of para-hydroxylation sites is 10. The van der Waals surface area contributed by atoms with Crippen LogP contribution in [-0.4, -0.2) is 9.13 Å². The predicted molar refractivity (Wildman–Crippen MR) is 304 cm³/mol. The van der Waals surface area contributed by atoms with Gasteiger partial charge in [0, 0.05) is 63.4 Å². The van der Waals surface area contributed by atoms with Crippen molar-refractivity contribution in [1.82, 2.24) is 9.13 Å². The van der Waals surface area contributed by atoms with E-state index < -0.39 is 0 Å². The van der Waals surface area contributed by atoms with Gasteiger partial charge in [-0.15, -0.1) is 0 Å². The van der Waals surface area contributed by atoms with E-state index in [4.69, 9.17) is 0 Å². The molecular weight excluding hydrogens is 913 g/mol. The van der Waals surface area contributed by atoms with E-state index in [0.29, 0.717) is 0 Å². The third-order valence-electron chi connectivity index (χ3n) is 14.5. The van der Waals surface area contributed by atoms with Gasteiger partial charge in [-0.3, -0.25) is 0 Å². The zero-order valence-corrected chi connectivity index (χ0v) is 40.5. The second kappa shape index (κ2) is 16.5.